The minimum absolute atomic E-state index is 0.148. The molecule has 0 spiro atoms. The third-order valence-corrected chi connectivity index (χ3v) is 4.22. The second-order valence-corrected chi connectivity index (χ2v) is 6.04. The van der Waals surface area contributed by atoms with Crippen LogP contribution >= 0.6 is 11.6 Å². The van der Waals surface area contributed by atoms with E-state index in [1.54, 1.807) is 6.08 Å². The highest BCUT2D eigenvalue weighted by molar-refractivity contribution is 6.48. The van der Waals surface area contributed by atoms with E-state index in [0.29, 0.717) is 47.7 Å². The fourth-order valence-corrected chi connectivity index (χ4v) is 2.92. The van der Waals surface area contributed by atoms with Crippen molar-refractivity contribution < 1.29 is 14.3 Å². The molecule has 0 radical (unpaired) electrons. The number of carbonyl (C=O) groups excluding carboxylic acids is 1. The van der Waals surface area contributed by atoms with Crippen LogP contribution in [0.25, 0.3) is 0 Å². The standard InChI is InChI=1S/C18H20ClN3O3/c1-2-25-18-11-16(21-15-4-3-12(23)9-13(15)19)17(10-14(18)20)22-5-7-24-8-6-22/h3-4,9-11H,2,5-8,20H2,1H3. The molecule has 0 saturated carbocycles. The van der Waals surface area contributed by atoms with Crippen molar-refractivity contribution in [2.45, 2.75) is 6.92 Å². The molecule has 132 valence electrons. The Bertz CT molecular complexity index is 765. The van der Waals surface area contributed by atoms with Crippen LogP contribution < -0.4 is 15.4 Å². The molecule has 0 atom stereocenters. The van der Waals surface area contributed by atoms with Crippen molar-refractivity contribution in [3.63, 3.8) is 0 Å². The second kappa shape index (κ2) is 7.72. The number of nitrogens with zero attached hydrogens (tertiary/aromatic N) is 2. The van der Waals surface area contributed by atoms with Crippen LogP contribution in [0.3, 0.4) is 0 Å². The van der Waals surface area contributed by atoms with Crippen molar-refractivity contribution in [3.05, 3.63) is 35.4 Å². The Morgan fingerprint density at radius 3 is 2.76 bits per heavy atom. The zero-order valence-corrected chi connectivity index (χ0v) is 14.8. The van der Waals surface area contributed by atoms with Gasteiger partial charge in [-0.15, -0.1) is 0 Å². The Morgan fingerprint density at radius 1 is 1.32 bits per heavy atom. The summed E-state index contributed by atoms with van der Waals surface area (Å²) in [5.74, 6) is 0.430. The van der Waals surface area contributed by atoms with Gasteiger partial charge in [0.1, 0.15) is 5.75 Å². The molecule has 1 fully saturated rings. The number of halogens is 1. The number of nitrogens with two attached hydrogens (primary N) is 1. The molecule has 0 amide bonds. The normalized spacial score (nSPS) is 19.3. The summed E-state index contributed by atoms with van der Waals surface area (Å²) in [7, 11) is 0. The SMILES string of the molecule is CCOc1cc(N=C2C=CC(=O)C=C2Cl)c(N2CCOCC2)cc1N. The number of hydrogen-bond donors (Lipinski definition) is 1. The Labute approximate surface area is 151 Å². The number of carbonyl (C=O) groups is 1. The Kier molecular flexibility index (Phi) is 5.40. The van der Waals surface area contributed by atoms with E-state index >= 15 is 0 Å². The third kappa shape index (κ3) is 4.03. The van der Waals surface area contributed by atoms with Gasteiger partial charge in [0, 0.05) is 25.2 Å². The van der Waals surface area contributed by atoms with Gasteiger partial charge < -0.3 is 20.1 Å². The number of ether oxygens (including phenoxy) is 2. The van der Waals surface area contributed by atoms with Gasteiger partial charge in [-0.1, -0.05) is 11.6 Å². The first-order chi connectivity index (χ1) is 12.1. The summed E-state index contributed by atoms with van der Waals surface area (Å²) in [6.45, 7) is 5.21. The number of rotatable bonds is 4. The molecular weight excluding hydrogens is 342 g/mol. The quantitative estimate of drug-likeness (QED) is 0.659. The van der Waals surface area contributed by atoms with Gasteiger partial charge >= 0.3 is 0 Å². The maximum atomic E-state index is 11.4. The van der Waals surface area contributed by atoms with Crippen molar-refractivity contribution in [2.24, 2.45) is 4.99 Å². The smallest absolute Gasteiger partial charge is 0.180 e. The number of anilines is 2. The van der Waals surface area contributed by atoms with E-state index in [0.717, 1.165) is 18.8 Å². The van der Waals surface area contributed by atoms with Crippen LogP contribution in [-0.2, 0) is 9.53 Å². The molecule has 1 heterocycles. The maximum Gasteiger partial charge on any atom is 0.180 e. The fourth-order valence-electron chi connectivity index (χ4n) is 2.71. The van der Waals surface area contributed by atoms with Crippen LogP contribution in [0.4, 0.5) is 17.1 Å². The number of benzene rings is 1. The summed E-state index contributed by atoms with van der Waals surface area (Å²) in [6, 6.07) is 3.68. The zero-order valence-electron chi connectivity index (χ0n) is 14.0. The minimum atomic E-state index is -0.148. The monoisotopic (exact) mass is 361 g/mol. The first-order valence-electron chi connectivity index (χ1n) is 8.16. The number of morpholine rings is 1. The van der Waals surface area contributed by atoms with E-state index < -0.39 is 0 Å². The molecule has 6 nitrogen and oxygen atoms in total. The summed E-state index contributed by atoms with van der Waals surface area (Å²) >= 11 is 6.17. The highest BCUT2D eigenvalue weighted by Crippen LogP contribution is 2.38. The number of nitrogen functional groups attached to an aromatic ring is 1. The van der Waals surface area contributed by atoms with Crippen LogP contribution in [0, 0.1) is 0 Å². The van der Waals surface area contributed by atoms with E-state index in [1.807, 2.05) is 19.1 Å². The largest absolute Gasteiger partial charge is 0.492 e. The van der Waals surface area contributed by atoms with Crippen LogP contribution in [0.2, 0.25) is 0 Å². The molecule has 1 aliphatic carbocycles. The average Bonchev–Trinajstić information content (AvgIpc) is 2.61. The molecule has 1 aliphatic heterocycles. The highest BCUT2D eigenvalue weighted by atomic mass is 35.5. The van der Waals surface area contributed by atoms with Gasteiger partial charge in [0.15, 0.2) is 5.78 Å². The van der Waals surface area contributed by atoms with Crippen LogP contribution in [0.1, 0.15) is 6.92 Å². The summed E-state index contributed by atoms with van der Waals surface area (Å²) in [6.07, 6.45) is 4.42. The number of hydrogen-bond acceptors (Lipinski definition) is 6. The molecule has 0 unspecified atom stereocenters. The van der Waals surface area contributed by atoms with Gasteiger partial charge in [-0.05, 0) is 25.1 Å². The zero-order chi connectivity index (χ0) is 17.8. The van der Waals surface area contributed by atoms with Gasteiger partial charge in [-0.3, -0.25) is 4.79 Å². The van der Waals surface area contributed by atoms with Crippen LogP contribution in [0.5, 0.6) is 5.75 Å². The molecule has 0 aromatic heterocycles. The van der Waals surface area contributed by atoms with Gasteiger partial charge in [-0.2, -0.15) is 0 Å². The molecule has 1 aromatic carbocycles. The topological polar surface area (TPSA) is 77.1 Å². The van der Waals surface area contributed by atoms with Crippen molar-refractivity contribution in [2.75, 3.05) is 43.5 Å². The van der Waals surface area contributed by atoms with E-state index in [-0.39, 0.29) is 5.78 Å². The molecule has 3 rings (SSSR count). The summed E-state index contributed by atoms with van der Waals surface area (Å²) in [5, 5.41) is 0.315. The number of allylic oxidation sites excluding steroid dienone is 4. The minimum Gasteiger partial charge on any atom is -0.492 e. The molecule has 0 bridgehead atoms. The number of ketones is 1. The maximum absolute atomic E-state index is 11.4. The molecule has 1 aromatic rings. The molecule has 25 heavy (non-hydrogen) atoms. The fraction of sp³-hybridized carbons (Fsp3) is 0.333. The summed E-state index contributed by atoms with van der Waals surface area (Å²) in [4.78, 5) is 18.2. The van der Waals surface area contributed by atoms with E-state index in [1.165, 1.54) is 12.2 Å². The molecule has 2 N–H and O–H groups in total. The Balaban J connectivity index is 2.05. The lowest BCUT2D eigenvalue weighted by Crippen LogP contribution is -2.36. The van der Waals surface area contributed by atoms with E-state index in [4.69, 9.17) is 26.8 Å². The molecule has 7 heteroatoms. The molecule has 2 aliphatic rings. The van der Waals surface area contributed by atoms with E-state index in [2.05, 4.69) is 9.89 Å². The van der Waals surface area contributed by atoms with Gasteiger partial charge in [0.2, 0.25) is 0 Å². The first-order valence-corrected chi connectivity index (χ1v) is 8.53. The lowest BCUT2D eigenvalue weighted by molar-refractivity contribution is -0.110. The average molecular weight is 362 g/mol. The predicted molar refractivity (Wildman–Crippen MR) is 100 cm³/mol. The Hall–Kier alpha value is -2.31. The van der Waals surface area contributed by atoms with E-state index in [9.17, 15) is 4.79 Å². The number of aliphatic imine (C=N–C) groups is 1. The first kappa shape index (κ1) is 17.5. The van der Waals surface area contributed by atoms with Crippen molar-refractivity contribution in [1.82, 2.24) is 0 Å². The lowest BCUT2D eigenvalue weighted by atomic mass is 10.1. The van der Waals surface area contributed by atoms with Crippen molar-refractivity contribution in [1.29, 1.82) is 0 Å². The van der Waals surface area contributed by atoms with Crippen molar-refractivity contribution in [3.8, 4) is 5.75 Å². The van der Waals surface area contributed by atoms with Gasteiger partial charge in [0.25, 0.3) is 0 Å². The predicted octanol–water partition coefficient (Wildman–Crippen LogP) is 2.84. The molecule has 1 saturated heterocycles. The highest BCUT2D eigenvalue weighted by Gasteiger charge is 2.19. The van der Waals surface area contributed by atoms with Gasteiger partial charge in [-0.25, -0.2) is 4.99 Å². The summed E-state index contributed by atoms with van der Waals surface area (Å²) in [5.41, 5.74) is 8.81. The lowest BCUT2D eigenvalue weighted by Gasteiger charge is -2.30. The second-order valence-electron chi connectivity index (χ2n) is 5.64. The summed E-state index contributed by atoms with van der Waals surface area (Å²) < 4.78 is 11.0. The van der Waals surface area contributed by atoms with Crippen LogP contribution in [-0.4, -0.2) is 44.4 Å². The third-order valence-electron chi connectivity index (χ3n) is 3.92. The van der Waals surface area contributed by atoms with Gasteiger partial charge in [0.05, 0.1) is 47.6 Å². The van der Waals surface area contributed by atoms with Crippen LogP contribution in [0.15, 0.2) is 40.4 Å². The Morgan fingerprint density at radius 2 is 2.08 bits per heavy atom. The molecular formula is C18H20ClN3O3. The van der Waals surface area contributed by atoms with Crippen molar-refractivity contribution >= 4 is 40.2 Å².